The van der Waals surface area contributed by atoms with Gasteiger partial charge in [-0.3, -0.25) is 0 Å². The molecule has 0 aromatic rings. The van der Waals surface area contributed by atoms with E-state index in [1.54, 1.807) is 0 Å². The predicted octanol–water partition coefficient (Wildman–Crippen LogP) is 8.55. The molecule has 0 aromatic carbocycles. The van der Waals surface area contributed by atoms with Gasteiger partial charge in [0.05, 0.1) is 0 Å². The van der Waals surface area contributed by atoms with Crippen molar-refractivity contribution >= 4 is 0 Å². The molecule has 152 valence electrons. The smallest absolute Gasteiger partial charge is 0.00104 e. The van der Waals surface area contributed by atoms with Crippen LogP contribution < -0.4 is 5.73 Å². The Kier molecular flexibility index (Phi) is 22.0. The molecule has 0 amide bonds. The number of unbranched alkanes of at least 4 members (excludes halogenated alkanes) is 19. The first-order valence-corrected chi connectivity index (χ1v) is 12.0. The molecule has 1 unspecified atom stereocenters. The van der Waals surface area contributed by atoms with Gasteiger partial charge in [0.1, 0.15) is 0 Å². The lowest BCUT2D eigenvalue weighted by Crippen LogP contribution is -2.13. The average molecular weight is 354 g/mol. The van der Waals surface area contributed by atoms with Crippen LogP contribution in [0.2, 0.25) is 0 Å². The molecule has 0 radical (unpaired) electrons. The van der Waals surface area contributed by atoms with Crippen molar-refractivity contribution in [2.75, 3.05) is 0 Å². The highest BCUT2D eigenvalue weighted by atomic mass is 14.6. The molecule has 0 aliphatic rings. The molecular weight excluding hydrogens is 302 g/mol. The third-order valence-electron chi connectivity index (χ3n) is 5.51. The fourth-order valence-corrected chi connectivity index (χ4v) is 3.72. The number of rotatable bonds is 21. The van der Waals surface area contributed by atoms with Gasteiger partial charge in [-0.25, -0.2) is 0 Å². The quantitative estimate of drug-likeness (QED) is 0.205. The van der Waals surface area contributed by atoms with E-state index in [0.717, 1.165) is 0 Å². The second-order valence-corrected chi connectivity index (χ2v) is 8.48. The maximum Gasteiger partial charge on any atom is 0.00104 e. The summed E-state index contributed by atoms with van der Waals surface area (Å²) in [4.78, 5) is 0. The van der Waals surface area contributed by atoms with Crippen LogP contribution in [0, 0.1) is 0 Å². The molecule has 0 spiro atoms. The van der Waals surface area contributed by atoms with Crippen molar-refractivity contribution in [2.45, 2.75) is 155 Å². The van der Waals surface area contributed by atoms with Gasteiger partial charge in [0.15, 0.2) is 0 Å². The normalized spacial score (nSPS) is 12.6. The summed E-state index contributed by atoms with van der Waals surface area (Å²) in [6.45, 7) is 4.42. The summed E-state index contributed by atoms with van der Waals surface area (Å²) in [5.41, 5.74) is 5.77. The zero-order chi connectivity index (χ0) is 18.4. The van der Waals surface area contributed by atoms with Gasteiger partial charge in [-0.2, -0.15) is 0 Å². The minimum atomic E-state index is 0.399. The van der Waals surface area contributed by atoms with Gasteiger partial charge in [-0.15, -0.1) is 0 Å². The molecular formula is C24H51N. The maximum atomic E-state index is 5.77. The van der Waals surface area contributed by atoms with Gasteiger partial charge in [0, 0.05) is 6.04 Å². The van der Waals surface area contributed by atoms with E-state index in [-0.39, 0.29) is 0 Å². The van der Waals surface area contributed by atoms with Gasteiger partial charge in [0.25, 0.3) is 0 Å². The van der Waals surface area contributed by atoms with E-state index in [1.807, 2.05) is 0 Å². The Hall–Kier alpha value is -0.0400. The Bertz CT molecular complexity index is 224. The molecule has 1 nitrogen and oxygen atoms in total. The maximum absolute atomic E-state index is 5.77. The minimum Gasteiger partial charge on any atom is -0.328 e. The third kappa shape index (κ3) is 24.0. The summed E-state index contributed by atoms with van der Waals surface area (Å²) in [5, 5.41) is 0. The van der Waals surface area contributed by atoms with Gasteiger partial charge in [-0.1, -0.05) is 135 Å². The molecule has 0 heterocycles. The van der Waals surface area contributed by atoms with E-state index >= 15 is 0 Å². The molecule has 1 heteroatoms. The topological polar surface area (TPSA) is 26.0 Å². The first kappa shape index (κ1) is 25.0. The number of nitrogens with two attached hydrogens (primary N) is 1. The van der Waals surface area contributed by atoms with E-state index < -0.39 is 0 Å². The Balaban J connectivity index is 2.96. The summed E-state index contributed by atoms with van der Waals surface area (Å²) < 4.78 is 0. The number of hydrogen-bond acceptors (Lipinski definition) is 1. The van der Waals surface area contributed by atoms with E-state index in [2.05, 4.69) is 13.8 Å². The van der Waals surface area contributed by atoms with Crippen LogP contribution in [-0.4, -0.2) is 6.04 Å². The highest BCUT2D eigenvalue weighted by Crippen LogP contribution is 2.15. The molecule has 0 bridgehead atoms. The predicted molar refractivity (Wildman–Crippen MR) is 116 cm³/mol. The highest BCUT2D eigenvalue weighted by Gasteiger charge is 1.96. The monoisotopic (exact) mass is 353 g/mol. The van der Waals surface area contributed by atoms with Crippen molar-refractivity contribution in [3.63, 3.8) is 0 Å². The standard InChI is InChI=1S/C24H51N/c1-3-4-5-6-7-8-9-10-11-12-13-14-15-16-17-18-19-20-21-22-23-24(2)25/h24H,3-23,25H2,1-2H3. The van der Waals surface area contributed by atoms with E-state index in [1.165, 1.54) is 135 Å². The largest absolute Gasteiger partial charge is 0.328 e. The SMILES string of the molecule is CCCCCCCCCCCCCCCCCCCCCCC(C)N. The molecule has 0 rings (SSSR count). The summed E-state index contributed by atoms with van der Waals surface area (Å²) in [6, 6.07) is 0.399. The van der Waals surface area contributed by atoms with Crippen LogP contribution in [-0.2, 0) is 0 Å². The molecule has 0 saturated heterocycles. The van der Waals surface area contributed by atoms with Gasteiger partial charge < -0.3 is 5.73 Å². The van der Waals surface area contributed by atoms with Crippen molar-refractivity contribution in [1.29, 1.82) is 0 Å². The van der Waals surface area contributed by atoms with Gasteiger partial charge in [-0.05, 0) is 13.3 Å². The van der Waals surface area contributed by atoms with Crippen molar-refractivity contribution in [3.05, 3.63) is 0 Å². The van der Waals surface area contributed by atoms with Gasteiger partial charge in [0.2, 0.25) is 0 Å². The minimum absolute atomic E-state index is 0.399. The molecule has 2 N–H and O–H groups in total. The lowest BCUT2D eigenvalue weighted by molar-refractivity contribution is 0.516. The summed E-state index contributed by atoms with van der Waals surface area (Å²) in [5.74, 6) is 0. The fourth-order valence-electron chi connectivity index (χ4n) is 3.72. The van der Waals surface area contributed by atoms with E-state index in [4.69, 9.17) is 5.73 Å². The van der Waals surface area contributed by atoms with Crippen LogP contribution >= 0.6 is 0 Å². The molecule has 0 aromatic heterocycles. The molecule has 0 aliphatic heterocycles. The van der Waals surface area contributed by atoms with Crippen molar-refractivity contribution in [2.24, 2.45) is 5.73 Å². The Morgan fingerprint density at radius 1 is 0.440 bits per heavy atom. The van der Waals surface area contributed by atoms with Crippen molar-refractivity contribution < 1.29 is 0 Å². The lowest BCUT2D eigenvalue weighted by atomic mass is 10.0. The highest BCUT2D eigenvalue weighted by molar-refractivity contribution is 4.54. The first-order valence-electron chi connectivity index (χ1n) is 12.0. The molecule has 25 heavy (non-hydrogen) atoms. The zero-order valence-corrected chi connectivity index (χ0v) is 18.0. The van der Waals surface area contributed by atoms with Crippen LogP contribution in [0.5, 0.6) is 0 Å². The van der Waals surface area contributed by atoms with Crippen LogP contribution in [0.25, 0.3) is 0 Å². The summed E-state index contributed by atoms with van der Waals surface area (Å²) >= 11 is 0. The third-order valence-corrected chi connectivity index (χ3v) is 5.51. The Morgan fingerprint density at radius 3 is 0.920 bits per heavy atom. The Labute approximate surface area is 160 Å². The Morgan fingerprint density at radius 2 is 0.680 bits per heavy atom. The van der Waals surface area contributed by atoms with Crippen molar-refractivity contribution in [3.8, 4) is 0 Å². The molecule has 1 atom stereocenters. The first-order chi connectivity index (χ1) is 12.3. The van der Waals surface area contributed by atoms with E-state index in [0.29, 0.717) is 6.04 Å². The van der Waals surface area contributed by atoms with Crippen LogP contribution in [0.1, 0.15) is 149 Å². The number of hydrogen-bond donors (Lipinski definition) is 1. The van der Waals surface area contributed by atoms with Gasteiger partial charge >= 0.3 is 0 Å². The second-order valence-electron chi connectivity index (χ2n) is 8.48. The van der Waals surface area contributed by atoms with Crippen LogP contribution in [0.15, 0.2) is 0 Å². The zero-order valence-electron chi connectivity index (χ0n) is 18.0. The van der Waals surface area contributed by atoms with Crippen molar-refractivity contribution in [1.82, 2.24) is 0 Å². The van der Waals surface area contributed by atoms with Crippen LogP contribution in [0.3, 0.4) is 0 Å². The van der Waals surface area contributed by atoms with Crippen LogP contribution in [0.4, 0.5) is 0 Å². The lowest BCUT2D eigenvalue weighted by Gasteiger charge is -2.05. The molecule has 0 saturated carbocycles. The molecule has 0 aliphatic carbocycles. The fraction of sp³-hybridized carbons (Fsp3) is 1.00. The second kappa shape index (κ2) is 22.0. The molecule has 0 fully saturated rings. The summed E-state index contributed by atoms with van der Waals surface area (Å²) in [7, 11) is 0. The van der Waals surface area contributed by atoms with E-state index in [9.17, 15) is 0 Å². The summed E-state index contributed by atoms with van der Waals surface area (Å²) in [6.07, 6.45) is 30.2. The average Bonchev–Trinajstić information content (AvgIpc) is 2.60.